The Labute approximate surface area is 148 Å². The van der Waals surface area contributed by atoms with E-state index in [1.54, 1.807) is 6.07 Å². The zero-order chi connectivity index (χ0) is 16.5. The number of hydrogen-bond donors (Lipinski definition) is 0. The summed E-state index contributed by atoms with van der Waals surface area (Å²) in [5, 5.41) is 0.617. The first-order valence-corrected chi connectivity index (χ1v) is 9.47. The quantitative estimate of drug-likeness (QED) is 0.842. The zero-order valence-corrected chi connectivity index (χ0v) is 14.8. The Morgan fingerprint density at radius 3 is 2.88 bits per heavy atom. The third kappa shape index (κ3) is 3.32. The summed E-state index contributed by atoms with van der Waals surface area (Å²) >= 11 is 6.04. The van der Waals surface area contributed by atoms with Gasteiger partial charge in [-0.2, -0.15) is 0 Å². The van der Waals surface area contributed by atoms with Crippen LogP contribution in [0.5, 0.6) is 0 Å². The molecule has 5 heteroatoms. The van der Waals surface area contributed by atoms with Gasteiger partial charge in [0.05, 0.1) is 12.7 Å². The van der Waals surface area contributed by atoms with Gasteiger partial charge in [-0.05, 0) is 56.5 Å². The lowest BCUT2D eigenvalue weighted by molar-refractivity contribution is 0.0436. The fourth-order valence-corrected chi connectivity index (χ4v) is 4.62. The lowest BCUT2D eigenvalue weighted by atomic mass is 9.84. The monoisotopic (exact) mass is 348 g/mol. The number of hydrogen-bond acceptors (Lipinski definition) is 3. The Morgan fingerprint density at radius 1 is 1.25 bits per heavy atom. The molecular weight excluding hydrogens is 324 g/mol. The molecule has 0 radical (unpaired) electrons. The highest BCUT2D eigenvalue weighted by atomic mass is 35.5. The number of likely N-dealkylation sites (tertiary alicyclic amines) is 2. The molecule has 3 fully saturated rings. The van der Waals surface area contributed by atoms with E-state index in [9.17, 15) is 4.79 Å². The summed E-state index contributed by atoms with van der Waals surface area (Å²) in [6.07, 6.45) is 3.94. The molecule has 1 amide bonds. The third-order valence-electron chi connectivity index (χ3n) is 5.80. The van der Waals surface area contributed by atoms with Crippen LogP contribution in [0, 0.1) is 11.8 Å². The topological polar surface area (TPSA) is 32.8 Å². The second-order valence-corrected chi connectivity index (χ2v) is 7.79. The summed E-state index contributed by atoms with van der Waals surface area (Å²) in [5.41, 5.74) is 0.691. The molecule has 0 unspecified atom stereocenters. The fourth-order valence-electron chi connectivity index (χ4n) is 4.43. The molecular formula is C19H25ClN2O2. The number of benzene rings is 1. The zero-order valence-electron chi connectivity index (χ0n) is 14.0. The van der Waals surface area contributed by atoms with Crippen LogP contribution in [0.15, 0.2) is 24.3 Å². The van der Waals surface area contributed by atoms with Crippen molar-refractivity contribution in [3.63, 3.8) is 0 Å². The van der Waals surface area contributed by atoms with Crippen molar-refractivity contribution in [2.75, 3.05) is 39.3 Å². The summed E-state index contributed by atoms with van der Waals surface area (Å²) in [5.74, 6) is 1.19. The first kappa shape index (κ1) is 16.4. The average molecular weight is 349 g/mol. The maximum atomic E-state index is 12.8. The number of fused-ring (bicyclic) bond motifs is 1. The van der Waals surface area contributed by atoms with Crippen molar-refractivity contribution in [1.29, 1.82) is 0 Å². The highest BCUT2D eigenvalue weighted by Gasteiger charge is 2.42. The molecule has 0 saturated carbocycles. The first-order chi connectivity index (χ1) is 11.7. The van der Waals surface area contributed by atoms with E-state index in [0.717, 1.165) is 32.7 Å². The summed E-state index contributed by atoms with van der Waals surface area (Å²) in [6, 6.07) is 7.27. The average Bonchev–Trinajstić information content (AvgIpc) is 3.24. The van der Waals surface area contributed by atoms with E-state index < -0.39 is 0 Å². The highest BCUT2D eigenvalue weighted by Crippen LogP contribution is 2.35. The second-order valence-electron chi connectivity index (χ2n) is 7.35. The van der Waals surface area contributed by atoms with Crippen LogP contribution in [0.25, 0.3) is 0 Å². The number of piperidine rings is 1. The van der Waals surface area contributed by atoms with E-state index in [4.69, 9.17) is 16.3 Å². The third-order valence-corrected chi connectivity index (χ3v) is 6.04. The second kappa shape index (κ2) is 7.03. The van der Waals surface area contributed by atoms with Gasteiger partial charge in [-0.25, -0.2) is 0 Å². The molecule has 24 heavy (non-hydrogen) atoms. The van der Waals surface area contributed by atoms with Gasteiger partial charge in [0.15, 0.2) is 0 Å². The molecule has 0 spiro atoms. The standard InChI is InChI=1S/C19H25ClN2O2/c20-16-5-3-4-14(10-16)19(23)22-9-6-15-13-24-18(17(15)11-22)12-21-7-1-2-8-21/h3-5,10,15,17-18H,1-2,6-9,11-13H2/t15-,17-,18+/m0/s1. The Morgan fingerprint density at radius 2 is 2.08 bits per heavy atom. The van der Waals surface area contributed by atoms with Gasteiger partial charge < -0.3 is 14.5 Å². The number of halogens is 1. The molecule has 3 atom stereocenters. The molecule has 1 aromatic carbocycles. The van der Waals surface area contributed by atoms with E-state index >= 15 is 0 Å². The van der Waals surface area contributed by atoms with Crippen LogP contribution in [-0.4, -0.2) is 61.1 Å². The van der Waals surface area contributed by atoms with Gasteiger partial charge in [0.2, 0.25) is 0 Å². The number of carbonyl (C=O) groups is 1. The molecule has 3 aliphatic heterocycles. The summed E-state index contributed by atoms with van der Waals surface area (Å²) in [6.45, 7) is 5.92. The molecule has 1 aromatic rings. The van der Waals surface area contributed by atoms with Crippen LogP contribution in [0.2, 0.25) is 5.02 Å². The minimum atomic E-state index is 0.0998. The van der Waals surface area contributed by atoms with Gasteiger partial charge >= 0.3 is 0 Å². The van der Waals surface area contributed by atoms with E-state index in [1.165, 1.54) is 25.9 Å². The lowest BCUT2D eigenvalue weighted by Crippen LogP contribution is -2.47. The first-order valence-electron chi connectivity index (χ1n) is 9.09. The maximum absolute atomic E-state index is 12.8. The van der Waals surface area contributed by atoms with Crippen molar-refractivity contribution in [3.05, 3.63) is 34.9 Å². The van der Waals surface area contributed by atoms with Crippen molar-refractivity contribution in [2.45, 2.75) is 25.4 Å². The predicted molar refractivity (Wildman–Crippen MR) is 94.4 cm³/mol. The van der Waals surface area contributed by atoms with Crippen molar-refractivity contribution >= 4 is 17.5 Å². The Balaban J connectivity index is 1.43. The predicted octanol–water partition coefficient (Wildman–Crippen LogP) is 2.91. The van der Waals surface area contributed by atoms with Gasteiger partial charge in [-0.3, -0.25) is 4.79 Å². The van der Waals surface area contributed by atoms with Gasteiger partial charge in [-0.1, -0.05) is 17.7 Å². The maximum Gasteiger partial charge on any atom is 0.253 e. The minimum absolute atomic E-state index is 0.0998. The molecule has 0 bridgehead atoms. The number of carbonyl (C=O) groups excluding carboxylic acids is 1. The molecule has 3 saturated heterocycles. The smallest absolute Gasteiger partial charge is 0.253 e. The van der Waals surface area contributed by atoms with Crippen molar-refractivity contribution in [2.24, 2.45) is 11.8 Å². The molecule has 3 aliphatic rings. The van der Waals surface area contributed by atoms with Gasteiger partial charge in [0, 0.05) is 36.1 Å². The normalized spacial score (nSPS) is 30.5. The van der Waals surface area contributed by atoms with E-state index in [1.807, 2.05) is 23.1 Å². The number of rotatable bonds is 3. The molecule has 130 valence electrons. The number of ether oxygens (including phenoxy) is 1. The molecule has 3 heterocycles. The fraction of sp³-hybridized carbons (Fsp3) is 0.632. The van der Waals surface area contributed by atoms with E-state index in [2.05, 4.69) is 4.90 Å². The van der Waals surface area contributed by atoms with Crippen LogP contribution < -0.4 is 0 Å². The molecule has 0 N–H and O–H groups in total. The summed E-state index contributed by atoms with van der Waals surface area (Å²) in [4.78, 5) is 17.3. The van der Waals surface area contributed by atoms with Crippen molar-refractivity contribution < 1.29 is 9.53 Å². The van der Waals surface area contributed by atoms with E-state index in [0.29, 0.717) is 22.4 Å². The number of nitrogens with zero attached hydrogens (tertiary/aromatic N) is 2. The van der Waals surface area contributed by atoms with Crippen LogP contribution in [-0.2, 0) is 4.74 Å². The van der Waals surface area contributed by atoms with Crippen LogP contribution >= 0.6 is 11.6 Å². The molecule has 0 aliphatic carbocycles. The summed E-state index contributed by atoms with van der Waals surface area (Å²) in [7, 11) is 0. The largest absolute Gasteiger partial charge is 0.376 e. The van der Waals surface area contributed by atoms with E-state index in [-0.39, 0.29) is 12.0 Å². The highest BCUT2D eigenvalue weighted by molar-refractivity contribution is 6.30. The summed E-state index contributed by atoms with van der Waals surface area (Å²) < 4.78 is 6.11. The Hall–Kier alpha value is -1.10. The number of amides is 1. The SMILES string of the molecule is O=C(c1cccc(Cl)c1)N1CC[C@H]2CO[C@H](CN3CCCC3)[C@H]2C1. The van der Waals surface area contributed by atoms with Gasteiger partial charge in [0.1, 0.15) is 0 Å². The Bertz CT molecular complexity index is 603. The van der Waals surface area contributed by atoms with Crippen molar-refractivity contribution in [3.8, 4) is 0 Å². The minimum Gasteiger partial charge on any atom is -0.376 e. The molecule has 4 rings (SSSR count). The van der Waals surface area contributed by atoms with Crippen LogP contribution in [0.3, 0.4) is 0 Å². The molecule has 0 aromatic heterocycles. The Kier molecular flexibility index (Phi) is 4.79. The van der Waals surface area contributed by atoms with Crippen LogP contribution in [0.1, 0.15) is 29.6 Å². The van der Waals surface area contributed by atoms with Gasteiger partial charge in [0.25, 0.3) is 5.91 Å². The van der Waals surface area contributed by atoms with Crippen molar-refractivity contribution in [1.82, 2.24) is 9.80 Å². The molecule has 4 nitrogen and oxygen atoms in total. The lowest BCUT2D eigenvalue weighted by Gasteiger charge is -2.37. The van der Waals surface area contributed by atoms with Crippen LogP contribution in [0.4, 0.5) is 0 Å². The van der Waals surface area contributed by atoms with Gasteiger partial charge in [-0.15, -0.1) is 0 Å².